The van der Waals surface area contributed by atoms with Crippen LogP contribution in [0.15, 0.2) is 0 Å². The second-order valence-corrected chi connectivity index (χ2v) is 10.3. The first-order chi connectivity index (χ1) is 12.3. The molecule has 0 saturated heterocycles. The Bertz CT molecular complexity index is 341. The zero-order valence-corrected chi connectivity index (χ0v) is 16.8. The van der Waals surface area contributed by atoms with E-state index in [2.05, 4.69) is 0 Å². The van der Waals surface area contributed by atoms with Gasteiger partial charge >= 0.3 is 0 Å². The predicted octanol–water partition coefficient (Wildman–Crippen LogP) is 6.99. The van der Waals surface area contributed by atoms with Gasteiger partial charge in [0.2, 0.25) is 0 Å². The van der Waals surface area contributed by atoms with E-state index < -0.39 is 0 Å². The molecule has 4 fully saturated rings. The molecule has 0 N–H and O–H groups in total. The highest BCUT2D eigenvalue weighted by Gasteiger charge is 2.37. The van der Waals surface area contributed by atoms with Gasteiger partial charge in [0.15, 0.2) is 0 Å². The van der Waals surface area contributed by atoms with E-state index in [0.29, 0.717) is 6.10 Å². The number of ether oxygens (including phenoxy) is 1. The summed E-state index contributed by atoms with van der Waals surface area (Å²) in [5, 5.41) is 0. The molecule has 1 heteroatoms. The molecule has 0 heterocycles. The third kappa shape index (κ3) is 4.63. The third-order valence-electron chi connectivity index (χ3n) is 8.80. The highest BCUT2D eigenvalue weighted by atomic mass is 16.5. The largest absolute Gasteiger partial charge is 0.381 e. The predicted molar refractivity (Wildman–Crippen MR) is 106 cm³/mol. The van der Waals surface area contributed by atoms with Gasteiger partial charge in [-0.2, -0.15) is 0 Å². The normalized spacial score (nSPS) is 42.1. The van der Waals surface area contributed by atoms with Crippen LogP contribution in [0.1, 0.15) is 103 Å². The van der Waals surface area contributed by atoms with Gasteiger partial charge in [-0.05, 0) is 86.9 Å². The second kappa shape index (κ2) is 8.77. The Balaban J connectivity index is 1.16. The molecule has 4 rings (SSSR count). The molecule has 0 aromatic carbocycles. The molecular weight excluding hydrogens is 304 g/mol. The van der Waals surface area contributed by atoms with Gasteiger partial charge in [0.25, 0.3) is 0 Å². The van der Waals surface area contributed by atoms with Gasteiger partial charge in [-0.1, -0.05) is 51.4 Å². The molecule has 0 radical (unpaired) electrons. The van der Waals surface area contributed by atoms with Crippen LogP contribution in [0.4, 0.5) is 0 Å². The summed E-state index contributed by atoms with van der Waals surface area (Å²) in [5.74, 6) is 6.45. The second-order valence-electron chi connectivity index (χ2n) is 10.3. The van der Waals surface area contributed by atoms with Gasteiger partial charge in [0.1, 0.15) is 0 Å². The molecule has 0 spiro atoms. The average molecular weight is 347 g/mol. The van der Waals surface area contributed by atoms with E-state index in [1.165, 1.54) is 51.4 Å². The van der Waals surface area contributed by atoms with Crippen molar-refractivity contribution < 1.29 is 4.74 Å². The fourth-order valence-corrected chi connectivity index (χ4v) is 7.41. The Kier molecular flexibility index (Phi) is 6.43. The van der Waals surface area contributed by atoms with Crippen molar-refractivity contribution in [3.63, 3.8) is 0 Å². The number of rotatable bonds is 7. The summed E-state index contributed by atoms with van der Waals surface area (Å²) >= 11 is 0. The fourth-order valence-electron chi connectivity index (χ4n) is 7.41. The number of methoxy groups -OCH3 is 1. The van der Waals surface area contributed by atoms with E-state index in [1.54, 1.807) is 51.4 Å². The average Bonchev–Trinajstić information content (AvgIpc) is 3.24. The van der Waals surface area contributed by atoms with Gasteiger partial charge in [-0.25, -0.2) is 0 Å². The molecule has 4 aliphatic carbocycles. The van der Waals surface area contributed by atoms with Crippen molar-refractivity contribution in [1.82, 2.24) is 0 Å². The van der Waals surface area contributed by atoms with Gasteiger partial charge in [-0.15, -0.1) is 0 Å². The molecule has 0 amide bonds. The third-order valence-corrected chi connectivity index (χ3v) is 8.80. The minimum Gasteiger partial charge on any atom is -0.381 e. The topological polar surface area (TPSA) is 9.23 Å². The van der Waals surface area contributed by atoms with Crippen molar-refractivity contribution in [1.29, 1.82) is 0 Å². The molecule has 4 atom stereocenters. The van der Waals surface area contributed by atoms with Crippen LogP contribution in [0.25, 0.3) is 0 Å². The van der Waals surface area contributed by atoms with E-state index in [9.17, 15) is 0 Å². The molecule has 4 unspecified atom stereocenters. The zero-order chi connectivity index (χ0) is 17.1. The van der Waals surface area contributed by atoms with Crippen LogP contribution in [0.5, 0.6) is 0 Å². The summed E-state index contributed by atoms with van der Waals surface area (Å²) < 4.78 is 5.91. The Hall–Kier alpha value is -0.0400. The number of hydrogen-bond acceptors (Lipinski definition) is 1. The van der Waals surface area contributed by atoms with Crippen molar-refractivity contribution in [2.75, 3.05) is 7.11 Å². The Morgan fingerprint density at radius 2 is 1.00 bits per heavy atom. The number of fused-ring (bicyclic) bond motifs is 2. The lowest BCUT2D eigenvalue weighted by Crippen LogP contribution is -2.14. The quantitative estimate of drug-likeness (QED) is 0.482. The van der Waals surface area contributed by atoms with E-state index in [1.807, 2.05) is 7.11 Å². The minimum atomic E-state index is 0.547. The fraction of sp³-hybridized carbons (Fsp3) is 1.00. The molecule has 0 aromatic rings. The summed E-state index contributed by atoms with van der Waals surface area (Å²) in [7, 11) is 1.97. The summed E-state index contributed by atoms with van der Waals surface area (Å²) in [6.45, 7) is 0. The molecule has 0 aliphatic heterocycles. The molecule has 4 aliphatic rings. The smallest absolute Gasteiger partial charge is 0.0571 e. The molecule has 0 aromatic heterocycles. The molecule has 25 heavy (non-hydrogen) atoms. The lowest BCUT2D eigenvalue weighted by Gasteiger charge is -2.24. The molecule has 4 saturated carbocycles. The van der Waals surface area contributed by atoms with Crippen molar-refractivity contribution >= 4 is 0 Å². The zero-order valence-electron chi connectivity index (χ0n) is 16.8. The monoisotopic (exact) mass is 346 g/mol. The molecular formula is C24H42O. The summed E-state index contributed by atoms with van der Waals surface area (Å²) in [6, 6.07) is 0. The van der Waals surface area contributed by atoms with E-state index in [0.717, 1.165) is 35.5 Å². The lowest BCUT2D eigenvalue weighted by molar-refractivity contribution is 0.0759. The Labute approximate surface area is 156 Å². The molecule has 0 bridgehead atoms. The molecule has 1 nitrogen and oxygen atoms in total. The first kappa shape index (κ1) is 18.3. The van der Waals surface area contributed by atoms with E-state index >= 15 is 0 Å². The Morgan fingerprint density at radius 3 is 1.32 bits per heavy atom. The first-order valence-corrected chi connectivity index (χ1v) is 11.8. The van der Waals surface area contributed by atoms with Crippen LogP contribution in [-0.2, 0) is 4.74 Å². The maximum absolute atomic E-state index is 5.91. The summed E-state index contributed by atoms with van der Waals surface area (Å²) in [4.78, 5) is 0. The van der Waals surface area contributed by atoms with Crippen LogP contribution in [0.2, 0.25) is 0 Å². The van der Waals surface area contributed by atoms with Gasteiger partial charge in [-0.3, -0.25) is 0 Å². The Morgan fingerprint density at radius 1 is 0.640 bits per heavy atom. The van der Waals surface area contributed by atoms with Crippen molar-refractivity contribution in [3.05, 3.63) is 0 Å². The molecule has 144 valence electrons. The maximum Gasteiger partial charge on any atom is 0.0571 e. The van der Waals surface area contributed by atoms with Gasteiger partial charge < -0.3 is 4.74 Å². The van der Waals surface area contributed by atoms with Crippen LogP contribution < -0.4 is 0 Å². The minimum absolute atomic E-state index is 0.547. The van der Waals surface area contributed by atoms with Gasteiger partial charge in [0.05, 0.1) is 6.10 Å². The van der Waals surface area contributed by atoms with E-state index in [-0.39, 0.29) is 0 Å². The SMILES string of the molecule is COC(CCC1CC2CCCCC2C1)CCC1CC2CCCCC2C1. The standard InChI is InChI=1S/C24H42O/c1-25-24(12-10-18-14-20-6-2-3-7-21(20)15-18)13-11-19-16-22-8-4-5-9-23(22)17-19/h18-24H,2-17H2,1H3. The van der Waals surface area contributed by atoms with Crippen molar-refractivity contribution in [2.24, 2.45) is 35.5 Å². The first-order valence-electron chi connectivity index (χ1n) is 11.8. The maximum atomic E-state index is 5.91. The highest BCUT2D eigenvalue weighted by Crippen LogP contribution is 2.48. The highest BCUT2D eigenvalue weighted by molar-refractivity contribution is 4.88. The van der Waals surface area contributed by atoms with Gasteiger partial charge in [0, 0.05) is 7.11 Å². The van der Waals surface area contributed by atoms with E-state index in [4.69, 9.17) is 4.74 Å². The van der Waals surface area contributed by atoms with Crippen LogP contribution in [0, 0.1) is 35.5 Å². The summed E-state index contributed by atoms with van der Waals surface area (Å²) in [6.07, 6.45) is 24.5. The van der Waals surface area contributed by atoms with Crippen molar-refractivity contribution in [2.45, 2.75) is 109 Å². The van der Waals surface area contributed by atoms with Crippen LogP contribution in [-0.4, -0.2) is 13.2 Å². The van der Waals surface area contributed by atoms with Crippen LogP contribution in [0.3, 0.4) is 0 Å². The summed E-state index contributed by atoms with van der Waals surface area (Å²) in [5.41, 5.74) is 0. The van der Waals surface area contributed by atoms with Crippen molar-refractivity contribution in [3.8, 4) is 0 Å². The lowest BCUT2D eigenvalue weighted by atomic mass is 9.82. The van der Waals surface area contributed by atoms with Crippen LogP contribution >= 0.6 is 0 Å². The number of hydrogen-bond donors (Lipinski definition) is 0.